The van der Waals surface area contributed by atoms with Gasteiger partial charge in [-0.3, -0.25) is 4.68 Å². The lowest BCUT2D eigenvalue weighted by Crippen LogP contribution is -2.21. The van der Waals surface area contributed by atoms with Crippen molar-refractivity contribution >= 4 is 0 Å². The highest BCUT2D eigenvalue weighted by atomic mass is 15.2. The molecule has 0 aliphatic rings. The fraction of sp³-hybridized carbons (Fsp3) is 0.750. The summed E-state index contributed by atoms with van der Waals surface area (Å²) < 4.78 is 1.87. The normalized spacial score (nSPS) is 13.4. The molecule has 0 bridgehead atoms. The van der Waals surface area contributed by atoms with Crippen molar-refractivity contribution in [2.75, 3.05) is 13.1 Å². The first-order valence-corrected chi connectivity index (χ1v) is 5.80. The van der Waals surface area contributed by atoms with Crippen LogP contribution in [0.3, 0.4) is 0 Å². The molecule has 1 unspecified atom stereocenters. The van der Waals surface area contributed by atoms with E-state index in [1.165, 1.54) is 5.69 Å². The molecule has 0 aliphatic heterocycles. The van der Waals surface area contributed by atoms with Gasteiger partial charge in [0, 0.05) is 19.2 Å². The van der Waals surface area contributed by atoms with Gasteiger partial charge in [-0.25, -0.2) is 0 Å². The minimum atomic E-state index is 0.547. The maximum atomic E-state index is 4.41. The monoisotopic (exact) mass is 209 g/mol. The minimum absolute atomic E-state index is 0.547. The average molecular weight is 209 g/mol. The molecule has 0 saturated carbocycles. The Morgan fingerprint density at radius 3 is 2.67 bits per heavy atom. The number of aromatic nitrogens is 2. The van der Waals surface area contributed by atoms with Crippen LogP contribution in [0, 0.1) is 5.92 Å². The second kappa shape index (κ2) is 5.91. The van der Waals surface area contributed by atoms with Crippen molar-refractivity contribution in [1.29, 1.82) is 0 Å². The quantitative estimate of drug-likeness (QED) is 0.728. The fourth-order valence-corrected chi connectivity index (χ4v) is 1.55. The first-order chi connectivity index (χ1) is 7.09. The van der Waals surface area contributed by atoms with Crippen LogP contribution in [-0.2, 0) is 7.05 Å². The molecule has 0 radical (unpaired) electrons. The summed E-state index contributed by atoms with van der Waals surface area (Å²) in [5.41, 5.74) is 1.20. The minimum Gasteiger partial charge on any atom is -0.316 e. The zero-order chi connectivity index (χ0) is 11.3. The van der Waals surface area contributed by atoms with Gasteiger partial charge in [-0.2, -0.15) is 5.10 Å². The molecule has 0 amide bonds. The van der Waals surface area contributed by atoms with E-state index in [0.29, 0.717) is 5.92 Å². The van der Waals surface area contributed by atoms with E-state index in [1.54, 1.807) is 0 Å². The molecule has 0 spiro atoms. The number of hydrogen-bond acceptors (Lipinski definition) is 2. The molecule has 1 atom stereocenters. The smallest absolute Gasteiger partial charge is 0.0653 e. The van der Waals surface area contributed by atoms with Crippen molar-refractivity contribution in [3.05, 3.63) is 18.0 Å². The van der Waals surface area contributed by atoms with Crippen LogP contribution in [0.5, 0.6) is 0 Å². The molecular formula is C12H23N3. The summed E-state index contributed by atoms with van der Waals surface area (Å²) in [6.07, 6.45) is 3.16. The van der Waals surface area contributed by atoms with Crippen molar-refractivity contribution in [3.8, 4) is 0 Å². The second-order valence-electron chi connectivity index (χ2n) is 4.70. The van der Waals surface area contributed by atoms with Gasteiger partial charge in [0.05, 0.1) is 5.69 Å². The summed E-state index contributed by atoms with van der Waals surface area (Å²) in [7, 11) is 1.97. The highest BCUT2D eigenvalue weighted by Gasteiger charge is 2.07. The van der Waals surface area contributed by atoms with Gasteiger partial charge in [0.25, 0.3) is 0 Å². The Balaban J connectivity index is 2.21. The van der Waals surface area contributed by atoms with Crippen LogP contribution in [0.25, 0.3) is 0 Å². The summed E-state index contributed by atoms with van der Waals surface area (Å²) >= 11 is 0. The largest absolute Gasteiger partial charge is 0.316 e. The zero-order valence-electron chi connectivity index (χ0n) is 10.3. The van der Waals surface area contributed by atoms with Crippen LogP contribution in [0.1, 0.15) is 38.8 Å². The van der Waals surface area contributed by atoms with Crippen LogP contribution in [-0.4, -0.2) is 22.9 Å². The SMILES string of the molecule is CC(C)CNCCC(C)c1ccn(C)n1. The summed E-state index contributed by atoms with van der Waals surface area (Å²) in [5.74, 6) is 1.28. The number of nitrogens with zero attached hydrogens (tertiary/aromatic N) is 2. The predicted octanol–water partition coefficient (Wildman–Crippen LogP) is 2.16. The van der Waals surface area contributed by atoms with Gasteiger partial charge < -0.3 is 5.32 Å². The Kier molecular flexibility index (Phi) is 4.82. The molecule has 1 rings (SSSR count). The molecule has 1 N–H and O–H groups in total. The number of aryl methyl sites for hydroxylation is 1. The van der Waals surface area contributed by atoms with Crippen LogP contribution in [0.4, 0.5) is 0 Å². The van der Waals surface area contributed by atoms with Crippen molar-refractivity contribution in [3.63, 3.8) is 0 Å². The number of nitrogens with one attached hydrogen (secondary N) is 1. The molecule has 1 aromatic rings. The lowest BCUT2D eigenvalue weighted by molar-refractivity contribution is 0.520. The summed E-state index contributed by atoms with van der Waals surface area (Å²) in [5, 5.41) is 7.87. The van der Waals surface area contributed by atoms with E-state index < -0.39 is 0 Å². The molecule has 0 aromatic carbocycles. The summed E-state index contributed by atoms with van der Waals surface area (Å²) in [6, 6.07) is 2.10. The molecule has 0 fully saturated rings. The van der Waals surface area contributed by atoms with E-state index in [0.717, 1.165) is 25.4 Å². The molecule has 1 aromatic heterocycles. The third kappa shape index (κ3) is 4.47. The highest BCUT2D eigenvalue weighted by Crippen LogP contribution is 2.15. The van der Waals surface area contributed by atoms with Crippen molar-refractivity contribution in [1.82, 2.24) is 15.1 Å². The summed E-state index contributed by atoms with van der Waals surface area (Å²) in [6.45, 7) is 8.88. The van der Waals surface area contributed by atoms with E-state index in [2.05, 4.69) is 37.3 Å². The van der Waals surface area contributed by atoms with Gasteiger partial charge >= 0.3 is 0 Å². The topological polar surface area (TPSA) is 29.9 Å². The van der Waals surface area contributed by atoms with E-state index in [-0.39, 0.29) is 0 Å². The average Bonchev–Trinajstić information content (AvgIpc) is 2.59. The van der Waals surface area contributed by atoms with Gasteiger partial charge in [-0.05, 0) is 31.5 Å². The molecule has 0 saturated heterocycles. The summed E-state index contributed by atoms with van der Waals surface area (Å²) in [4.78, 5) is 0. The Hall–Kier alpha value is -0.830. The number of rotatable bonds is 6. The van der Waals surface area contributed by atoms with Crippen LogP contribution >= 0.6 is 0 Å². The Morgan fingerprint density at radius 1 is 1.40 bits per heavy atom. The molecule has 86 valence electrons. The van der Waals surface area contributed by atoms with Gasteiger partial charge in [-0.1, -0.05) is 20.8 Å². The van der Waals surface area contributed by atoms with E-state index in [4.69, 9.17) is 0 Å². The Bertz CT molecular complexity index is 278. The van der Waals surface area contributed by atoms with E-state index in [1.807, 2.05) is 17.9 Å². The van der Waals surface area contributed by atoms with Gasteiger partial charge in [-0.15, -0.1) is 0 Å². The third-order valence-corrected chi connectivity index (χ3v) is 2.55. The predicted molar refractivity (Wildman–Crippen MR) is 63.9 cm³/mol. The molecular weight excluding hydrogens is 186 g/mol. The molecule has 15 heavy (non-hydrogen) atoms. The van der Waals surface area contributed by atoms with Crippen molar-refractivity contribution in [2.45, 2.75) is 33.1 Å². The highest BCUT2D eigenvalue weighted by molar-refractivity contribution is 5.04. The molecule has 3 heteroatoms. The van der Waals surface area contributed by atoms with Gasteiger partial charge in [0.2, 0.25) is 0 Å². The van der Waals surface area contributed by atoms with Gasteiger partial charge in [0.1, 0.15) is 0 Å². The van der Waals surface area contributed by atoms with Crippen LogP contribution in [0.15, 0.2) is 12.3 Å². The second-order valence-corrected chi connectivity index (χ2v) is 4.70. The molecule has 3 nitrogen and oxygen atoms in total. The van der Waals surface area contributed by atoms with Crippen molar-refractivity contribution < 1.29 is 0 Å². The lowest BCUT2D eigenvalue weighted by Gasteiger charge is -2.10. The fourth-order valence-electron chi connectivity index (χ4n) is 1.55. The molecule has 1 heterocycles. The van der Waals surface area contributed by atoms with E-state index in [9.17, 15) is 0 Å². The Morgan fingerprint density at radius 2 is 2.13 bits per heavy atom. The van der Waals surface area contributed by atoms with Gasteiger partial charge in [0.15, 0.2) is 0 Å². The first-order valence-electron chi connectivity index (χ1n) is 5.80. The standard InChI is InChI=1S/C12H23N3/c1-10(2)9-13-7-5-11(3)12-6-8-15(4)14-12/h6,8,10-11,13H,5,7,9H2,1-4H3. The Labute approximate surface area is 92.9 Å². The van der Waals surface area contributed by atoms with Crippen LogP contribution in [0.2, 0.25) is 0 Å². The first kappa shape index (κ1) is 12.2. The maximum Gasteiger partial charge on any atom is 0.0653 e. The third-order valence-electron chi connectivity index (χ3n) is 2.55. The van der Waals surface area contributed by atoms with Crippen LogP contribution < -0.4 is 5.32 Å². The lowest BCUT2D eigenvalue weighted by atomic mass is 10.0. The number of hydrogen-bond donors (Lipinski definition) is 1. The van der Waals surface area contributed by atoms with Crippen molar-refractivity contribution in [2.24, 2.45) is 13.0 Å². The zero-order valence-corrected chi connectivity index (χ0v) is 10.3. The molecule has 0 aliphatic carbocycles. The maximum absolute atomic E-state index is 4.41. The van der Waals surface area contributed by atoms with E-state index >= 15 is 0 Å².